The van der Waals surface area contributed by atoms with Crippen LogP contribution < -0.4 is 10.2 Å². The Morgan fingerprint density at radius 3 is 2.55 bits per heavy atom. The molecule has 8 heteroatoms. The zero-order valence-electron chi connectivity index (χ0n) is 19.0. The minimum atomic E-state index is -0.149. The summed E-state index contributed by atoms with van der Waals surface area (Å²) in [6, 6.07) is 15.9. The number of nitrogens with zero attached hydrogens (tertiary/aromatic N) is 4. The average Bonchev–Trinajstić information content (AvgIpc) is 3.25. The summed E-state index contributed by atoms with van der Waals surface area (Å²) < 4.78 is 1.98. The van der Waals surface area contributed by atoms with E-state index in [9.17, 15) is 9.59 Å². The SMILES string of the molecule is [B]CCCCCn1nnc2c1-c1ccccc1CN(C(=O)CCC(=O)NC)c1ccccc1-2. The predicted molar refractivity (Wildman–Crippen MR) is 130 cm³/mol. The highest BCUT2D eigenvalue weighted by atomic mass is 16.2. The smallest absolute Gasteiger partial charge is 0.227 e. The minimum Gasteiger partial charge on any atom is -0.359 e. The van der Waals surface area contributed by atoms with Crippen LogP contribution in [0.1, 0.15) is 37.7 Å². The molecule has 0 fully saturated rings. The number of para-hydroxylation sites is 1. The van der Waals surface area contributed by atoms with Gasteiger partial charge >= 0.3 is 0 Å². The molecular formula is C25H28BN5O2. The van der Waals surface area contributed by atoms with E-state index in [1.54, 1.807) is 11.9 Å². The molecule has 4 rings (SSSR count). The molecule has 1 aliphatic rings. The van der Waals surface area contributed by atoms with Crippen molar-refractivity contribution in [2.75, 3.05) is 11.9 Å². The Balaban J connectivity index is 1.78. The van der Waals surface area contributed by atoms with Crippen molar-refractivity contribution >= 4 is 25.3 Å². The Morgan fingerprint density at radius 1 is 1.00 bits per heavy atom. The molecule has 0 unspecified atom stereocenters. The van der Waals surface area contributed by atoms with Crippen molar-refractivity contribution in [2.24, 2.45) is 0 Å². The number of aromatic nitrogens is 3. The van der Waals surface area contributed by atoms with Gasteiger partial charge in [0, 0.05) is 37.6 Å². The number of unbranched alkanes of at least 4 members (excludes halogenated alkanes) is 2. The van der Waals surface area contributed by atoms with Crippen LogP contribution in [0.4, 0.5) is 5.69 Å². The fourth-order valence-electron chi connectivity index (χ4n) is 4.26. The zero-order chi connectivity index (χ0) is 23.2. The lowest BCUT2D eigenvalue weighted by Gasteiger charge is -2.28. The maximum atomic E-state index is 13.3. The van der Waals surface area contributed by atoms with Crippen LogP contribution in [0.3, 0.4) is 0 Å². The molecule has 0 atom stereocenters. The number of fused-ring (bicyclic) bond motifs is 5. The molecule has 1 aliphatic heterocycles. The average molecular weight is 441 g/mol. The van der Waals surface area contributed by atoms with Gasteiger partial charge < -0.3 is 10.2 Å². The number of rotatable bonds is 8. The van der Waals surface area contributed by atoms with E-state index < -0.39 is 0 Å². The molecule has 1 N–H and O–H groups in total. The van der Waals surface area contributed by atoms with Gasteiger partial charge in [-0.3, -0.25) is 9.59 Å². The van der Waals surface area contributed by atoms with Crippen molar-refractivity contribution in [1.29, 1.82) is 0 Å². The summed E-state index contributed by atoms with van der Waals surface area (Å²) in [5.41, 5.74) is 5.43. The van der Waals surface area contributed by atoms with Crippen LogP contribution in [0.2, 0.25) is 6.32 Å². The lowest BCUT2D eigenvalue weighted by atomic mass is 9.95. The van der Waals surface area contributed by atoms with Gasteiger partial charge in [-0.15, -0.1) is 5.10 Å². The number of benzene rings is 2. The molecule has 33 heavy (non-hydrogen) atoms. The van der Waals surface area contributed by atoms with Gasteiger partial charge in [-0.2, -0.15) is 0 Å². The van der Waals surface area contributed by atoms with E-state index in [2.05, 4.69) is 21.7 Å². The van der Waals surface area contributed by atoms with Crippen molar-refractivity contribution in [3.8, 4) is 22.5 Å². The molecule has 0 saturated heterocycles. The van der Waals surface area contributed by atoms with Crippen molar-refractivity contribution in [2.45, 2.75) is 51.5 Å². The van der Waals surface area contributed by atoms with E-state index in [1.165, 1.54) is 0 Å². The monoisotopic (exact) mass is 441 g/mol. The molecule has 2 radical (unpaired) electrons. The Bertz CT molecular complexity index is 1140. The quantitative estimate of drug-likeness (QED) is 0.427. The number of anilines is 1. The first-order valence-electron chi connectivity index (χ1n) is 11.5. The highest BCUT2D eigenvalue weighted by Gasteiger charge is 2.28. The summed E-state index contributed by atoms with van der Waals surface area (Å²) in [6.45, 7) is 1.17. The molecule has 0 aliphatic carbocycles. The Morgan fingerprint density at radius 2 is 1.76 bits per heavy atom. The molecule has 0 spiro atoms. The van der Waals surface area contributed by atoms with Gasteiger partial charge in [0.15, 0.2) is 0 Å². The lowest BCUT2D eigenvalue weighted by molar-refractivity contribution is -0.125. The molecule has 168 valence electrons. The van der Waals surface area contributed by atoms with Gasteiger partial charge in [0.05, 0.1) is 25.8 Å². The zero-order valence-corrected chi connectivity index (χ0v) is 19.0. The summed E-state index contributed by atoms with van der Waals surface area (Å²) in [5, 5.41) is 11.6. The van der Waals surface area contributed by atoms with Gasteiger partial charge in [-0.1, -0.05) is 66.8 Å². The fourth-order valence-corrected chi connectivity index (χ4v) is 4.26. The first-order chi connectivity index (χ1) is 16.1. The molecular weight excluding hydrogens is 413 g/mol. The molecule has 7 nitrogen and oxygen atoms in total. The second-order valence-electron chi connectivity index (χ2n) is 8.19. The van der Waals surface area contributed by atoms with Gasteiger partial charge in [-0.05, 0) is 18.1 Å². The van der Waals surface area contributed by atoms with E-state index in [0.29, 0.717) is 12.9 Å². The molecule has 0 saturated carbocycles. The summed E-state index contributed by atoms with van der Waals surface area (Å²) in [4.78, 5) is 26.8. The molecule has 2 amide bonds. The second-order valence-corrected chi connectivity index (χ2v) is 8.19. The molecule has 3 aromatic rings. The number of hydrogen-bond donors (Lipinski definition) is 1. The fraction of sp³-hybridized carbons (Fsp3) is 0.360. The molecule has 2 aromatic carbocycles. The Hall–Kier alpha value is -3.42. The first kappa shape index (κ1) is 22.8. The second kappa shape index (κ2) is 10.5. The van der Waals surface area contributed by atoms with E-state index in [0.717, 1.165) is 59.6 Å². The normalized spacial score (nSPS) is 12.2. The summed E-state index contributed by atoms with van der Waals surface area (Å²) >= 11 is 0. The maximum Gasteiger partial charge on any atom is 0.227 e. The lowest BCUT2D eigenvalue weighted by Crippen LogP contribution is -2.32. The third-order valence-corrected chi connectivity index (χ3v) is 6.01. The molecule has 1 aromatic heterocycles. The van der Waals surface area contributed by atoms with Crippen molar-refractivity contribution in [3.05, 3.63) is 54.1 Å². The summed E-state index contributed by atoms with van der Waals surface area (Å²) in [7, 11) is 7.23. The van der Waals surface area contributed by atoms with Crippen LogP contribution in [0.5, 0.6) is 0 Å². The standard InChI is InChI=1S/C25H28BN5O2/c1-27-22(32)13-14-23(33)30-17-18-9-3-4-10-19(18)25-24(20-11-5-6-12-21(20)30)28-29-31(25)16-8-2-7-15-26/h3-6,9-12H,2,7-8,13-17H2,1H3,(H,27,32). The number of nitrogens with one attached hydrogen (secondary N) is 1. The van der Waals surface area contributed by atoms with Crippen molar-refractivity contribution in [3.63, 3.8) is 0 Å². The number of hydrogen-bond acceptors (Lipinski definition) is 4. The maximum absolute atomic E-state index is 13.3. The van der Waals surface area contributed by atoms with Gasteiger partial charge in [0.25, 0.3) is 0 Å². The predicted octanol–water partition coefficient (Wildman–Crippen LogP) is 3.74. The van der Waals surface area contributed by atoms with Crippen LogP contribution >= 0.6 is 0 Å². The third kappa shape index (κ3) is 4.84. The number of carbonyl (C=O) groups is 2. The van der Waals surface area contributed by atoms with Gasteiger partial charge in [0.2, 0.25) is 11.8 Å². The van der Waals surface area contributed by atoms with E-state index in [4.69, 9.17) is 7.85 Å². The largest absolute Gasteiger partial charge is 0.359 e. The summed E-state index contributed by atoms with van der Waals surface area (Å²) in [6.07, 6.45) is 3.98. The van der Waals surface area contributed by atoms with E-state index >= 15 is 0 Å². The molecule has 0 bridgehead atoms. The van der Waals surface area contributed by atoms with Crippen LogP contribution in [0.25, 0.3) is 22.5 Å². The highest BCUT2D eigenvalue weighted by molar-refractivity contribution is 6.08. The van der Waals surface area contributed by atoms with Crippen LogP contribution in [-0.2, 0) is 22.7 Å². The topological polar surface area (TPSA) is 80.1 Å². The van der Waals surface area contributed by atoms with Crippen LogP contribution in [0.15, 0.2) is 48.5 Å². The van der Waals surface area contributed by atoms with E-state index in [1.807, 2.05) is 47.1 Å². The van der Waals surface area contributed by atoms with E-state index in [-0.39, 0.29) is 24.7 Å². The van der Waals surface area contributed by atoms with Crippen molar-refractivity contribution in [1.82, 2.24) is 20.3 Å². The van der Waals surface area contributed by atoms with Crippen LogP contribution in [0, 0.1) is 0 Å². The first-order valence-corrected chi connectivity index (χ1v) is 11.5. The van der Waals surface area contributed by atoms with Crippen molar-refractivity contribution < 1.29 is 9.59 Å². The number of carbonyl (C=O) groups excluding carboxylic acids is 2. The van der Waals surface area contributed by atoms with Gasteiger partial charge in [0.1, 0.15) is 5.69 Å². The number of aryl methyl sites for hydroxylation is 1. The third-order valence-electron chi connectivity index (χ3n) is 6.01. The Kier molecular flexibility index (Phi) is 7.22. The Labute approximate surface area is 195 Å². The highest BCUT2D eigenvalue weighted by Crippen LogP contribution is 2.41. The number of amides is 2. The van der Waals surface area contributed by atoms with Gasteiger partial charge in [-0.25, -0.2) is 4.68 Å². The minimum absolute atomic E-state index is 0.0986. The molecule has 2 heterocycles. The summed E-state index contributed by atoms with van der Waals surface area (Å²) in [5.74, 6) is -0.248. The van der Waals surface area contributed by atoms with Crippen LogP contribution in [-0.4, -0.2) is 41.7 Å².